The van der Waals surface area contributed by atoms with Crippen LogP contribution in [0.2, 0.25) is 0 Å². The first kappa shape index (κ1) is 25.5. The van der Waals surface area contributed by atoms with Gasteiger partial charge in [-0.1, -0.05) is 44.1 Å². The lowest BCUT2D eigenvalue weighted by Gasteiger charge is -2.40. The van der Waals surface area contributed by atoms with Crippen LogP contribution in [-0.4, -0.2) is 24.6 Å². The molecule has 2 aliphatic rings. The van der Waals surface area contributed by atoms with Crippen LogP contribution in [0.25, 0.3) is 0 Å². The Bertz CT molecular complexity index is 816. The van der Waals surface area contributed by atoms with Gasteiger partial charge in [-0.3, -0.25) is 14.4 Å². The van der Waals surface area contributed by atoms with Crippen LogP contribution in [0.3, 0.4) is 0 Å². The Balaban J connectivity index is 2.15. The van der Waals surface area contributed by atoms with Crippen LogP contribution in [-0.2, 0) is 19.1 Å². The number of carbonyl (C=O) groups excluding carboxylic acids is 3. The fourth-order valence-electron chi connectivity index (χ4n) is 5.17. The molecule has 0 spiro atoms. The predicted octanol–water partition coefficient (Wildman–Crippen LogP) is 4.86. The van der Waals surface area contributed by atoms with Crippen molar-refractivity contribution in [1.29, 1.82) is 10.5 Å². The molecule has 0 bridgehead atoms. The lowest BCUT2D eigenvalue weighted by Crippen LogP contribution is -2.47. The summed E-state index contributed by atoms with van der Waals surface area (Å²) in [5.41, 5.74) is -1.72. The van der Waals surface area contributed by atoms with Crippen molar-refractivity contribution in [2.24, 2.45) is 29.1 Å². The number of hydrogen-bond acceptors (Lipinski definition) is 6. The van der Waals surface area contributed by atoms with E-state index in [1.807, 2.05) is 24.3 Å². The van der Waals surface area contributed by atoms with Crippen LogP contribution in [0, 0.1) is 51.7 Å². The van der Waals surface area contributed by atoms with Gasteiger partial charge in [-0.2, -0.15) is 10.5 Å². The van der Waals surface area contributed by atoms with Crippen LogP contribution in [0.5, 0.6) is 0 Å². The normalized spacial score (nSPS) is 26.8. The van der Waals surface area contributed by atoms with Gasteiger partial charge in [0.15, 0.2) is 5.78 Å². The molecular weight excluding hydrogens is 404 g/mol. The van der Waals surface area contributed by atoms with E-state index in [-0.39, 0.29) is 48.1 Å². The lowest BCUT2D eigenvalue weighted by molar-refractivity contribution is -0.140. The largest absolute Gasteiger partial charge is 0.469 e. The summed E-state index contributed by atoms with van der Waals surface area (Å²) in [6.07, 6.45) is 14.9. The molecular formula is C26H34N2O4. The van der Waals surface area contributed by atoms with Crippen molar-refractivity contribution >= 4 is 17.5 Å². The molecule has 0 aliphatic heterocycles. The predicted molar refractivity (Wildman–Crippen MR) is 120 cm³/mol. The van der Waals surface area contributed by atoms with Gasteiger partial charge in [-0.05, 0) is 43.9 Å². The van der Waals surface area contributed by atoms with Crippen molar-refractivity contribution in [3.63, 3.8) is 0 Å². The van der Waals surface area contributed by atoms with Gasteiger partial charge in [0.2, 0.25) is 5.41 Å². The minimum atomic E-state index is -1.72. The van der Waals surface area contributed by atoms with Crippen LogP contribution < -0.4 is 0 Å². The maximum atomic E-state index is 12.9. The molecule has 2 saturated carbocycles. The molecule has 0 saturated heterocycles. The van der Waals surface area contributed by atoms with E-state index in [4.69, 9.17) is 0 Å². The highest BCUT2D eigenvalue weighted by Crippen LogP contribution is 2.55. The van der Waals surface area contributed by atoms with Gasteiger partial charge in [-0.15, -0.1) is 0 Å². The van der Waals surface area contributed by atoms with E-state index in [1.54, 1.807) is 0 Å². The van der Waals surface area contributed by atoms with Crippen LogP contribution >= 0.6 is 0 Å². The second-order valence-electron chi connectivity index (χ2n) is 8.88. The average Bonchev–Trinajstić information content (AvgIpc) is 3.12. The zero-order valence-electron chi connectivity index (χ0n) is 19.2. The number of Topliss-reactive ketones (excluding diaryl/α,β-unsaturated/α-hetero) is 2. The molecule has 0 heterocycles. The molecule has 0 N–H and O–H groups in total. The number of esters is 1. The first-order chi connectivity index (χ1) is 15.4. The first-order valence-corrected chi connectivity index (χ1v) is 11.7. The smallest absolute Gasteiger partial charge is 0.305 e. The number of allylic oxidation sites excluding steroid dienone is 4. The summed E-state index contributed by atoms with van der Waals surface area (Å²) in [6, 6.07) is 3.97. The van der Waals surface area contributed by atoms with Crippen molar-refractivity contribution in [2.75, 3.05) is 7.11 Å². The molecule has 172 valence electrons. The summed E-state index contributed by atoms with van der Waals surface area (Å²) < 4.78 is 4.63. The van der Waals surface area contributed by atoms with Gasteiger partial charge in [-0.25, -0.2) is 0 Å². The average molecular weight is 439 g/mol. The van der Waals surface area contributed by atoms with E-state index in [1.165, 1.54) is 7.11 Å². The van der Waals surface area contributed by atoms with Gasteiger partial charge < -0.3 is 4.74 Å². The van der Waals surface area contributed by atoms with Crippen molar-refractivity contribution in [2.45, 2.75) is 71.1 Å². The Labute approximate surface area is 191 Å². The maximum absolute atomic E-state index is 12.9. The Morgan fingerprint density at radius 3 is 2.47 bits per heavy atom. The summed E-state index contributed by atoms with van der Waals surface area (Å²) in [5.74, 6) is -1.69. The molecule has 2 unspecified atom stereocenters. The topological polar surface area (TPSA) is 108 Å². The third-order valence-corrected chi connectivity index (χ3v) is 6.92. The molecule has 6 nitrogen and oxygen atoms in total. The van der Waals surface area contributed by atoms with Crippen molar-refractivity contribution in [3.05, 3.63) is 24.3 Å². The Morgan fingerprint density at radius 2 is 1.81 bits per heavy atom. The summed E-state index contributed by atoms with van der Waals surface area (Å²) in [5, 5.41) is 19.5. The SMILES string of the molecule is CCCCC/C=C/C1CC(=O)C(C#N)(C#N)[C@@H]2CC(=O)[C@H](C/C=C\CCCC(=O)OC)C12. The highest BCUT2D eigenvalue weighted by molar-refractivity contribution is 5.95. The summed E-state index contributed by atoms with van der Waals surface area (Å²) >= 11 is 0. The number of carbonyl (C=O) groups is 3. The van der Waals surface area contributed by atoms with Crippen molar-refractivity contribution in [3.8, 4) is 12.1 Å². The molecule has 0 aromatic heterocycles. The van der Waals surface area contributed by atoms with Gasteiger partial charge >= 0.3 is 5.97 Å². The molecule has 2 aliphatic carbocycles. The van der Waals surface area contributed by atoms with Gasteiger partial charge in [0.1, 0.15) is 5.78 Å². The van der Waals surface area contributed by atoms with Crippen LogP contribution in [0.1, 0.15) is 71.1 Å². The third-order valence-electron chi connectivity index (χ3n) is 6.92. The fourth-order valence-corrected chi connectivity index (χ4v) is 5.17. The van der Waals surface area contributed by atoms with Crippen LogP contribution in [0.15, 0.2) is 24.3 Å². The number of nitrogens with zero attached hydrogens (tertiary/aromatic N) is 2. The second-order valence-corrected chi connectivity index (χ2v) is 8.88. The monoisotopic (exact) mass is 438 g/mol. The van der Waals surface area contributed by atoms with E-state index < -0.39 is 11.3 Å². The summed E-state index contributed by atoms with van der Waals surface area (Å²) in [7, 11) is 1.37. The van der Waals surface area contributed by atoms with E-state index >= 15 is 0 Å². The highest BCUT2D eigenvalue weighted by atomic mass is 16.5. The second kappa shape index (κ2) is 12.3. The molecule has 2 fully saturated rings. The van der Waals surface area contributed by atoms with Crippen molar-refractivity contribution in [1.82, 2.24) is 0 Å². The number of hydrogen-bond donors (Lipinski definition) is 0. The van der Waals surface area contributed by atoms with Gasteiger partial charge in [0.05, 0.1) is 19.2 Å². The molecule has 0 amide bonds. The zero-order chi connectivity index (χ0) is 23.6. The molecule has 0 aromatic rings. The highest BCUT2D eigenvalue weighted by Gasteiger charge is 2.61. The van der Waals surface area contributed by atoms with E-state index in [0.29, 0.717) is 25.7 Å². The Hall–Kier alpha value is -2.73. The molecule has 4 atom stereocenters. The van der Waals surface area contributed by atoms with E-state index in [2.05, 4.69) is 23.8 Å². The zero-order valence-corrected chi connectivity index (χ0v) is 19.2. The van der Waals surface area contributed by atoms with Gasteiger partial charge in [0.25, 0.3) is 0 Å². The molecule has 2 rings (SSSR count). The van der Waals surface area contributed by atoms with E-state index in [0.717, 1.165) is 25.7 Å². The number of methoxy groups -OCH3 is 1. The van der Waals surface area contributed by atoms with E-state index in [9.17, 15) is 24.9 Å². The van der Waals surface area contributed by atoms with Crippen LogP contribution in [0.4, 0.5) is 0 Å². The fraction of sp³-hybridized carbons (Fsp3) is 0.654. The van der Waals surface area contributed by atoms with Gasteiger partial charge in [0, 0.05) is 31.1 Å². The number of ketones is 2. The summed E-state index contributed by atoms with van der Waals surface area (Å²) in [4.78, 5) is 37.0. The number of unbranched alkanes of at least 4 members (excludes halogenated alkanes) is 4. The number of fused-ring (bicyclic) bond motifs is 1. The minimum Gasteiger partial charge on any atom is -0.469 e. The first-order valence-electron chi connectivity index (χ1n) is 11.7. The number of nitriles is 2. The molecule has 6 heteroatoms. The minimum absolute atomic E-state index is 0.0353. The molecule has 0 radical (unpaired) electrons. The third kappa shape index (κ3) is 5.74. The summed E-state index contributed by atoms with van der Waals surface area (Å²) in [6.45, 7) is 2.15. The molecule has 0 aromatic carbocycles. The lowest BCUT2D eigenvalue weighted by atomic mass is 9.58. The Kier molecular flexibility index (Phi) is 9.85. The maximum Gasteiger partial charge on any atom is 0.305 e. The number of ether oxygens (including phenoxy) is 1. The number of rotatable bonds is 11. The quantitative estimate of drug-likeness (QED) is 0.259. The Morgan fingerprint density at radius 1 is 1.09 bits per heavy atom. The molecule has 32 heavy (non-hydrogen) atoms. The standard InChI is InChI=1S/C26H34N2O4/c1-3-4-5-6-9-12-19-15-23(30)26(17-27,18-28)21-16-22(29)20(25(19)21)13-10-7-8-11-14-24(31)32-2/h7,9-10,12,19-21,25H,3-6,8,11,13-16H2,1-2H3/b10-7-,12-9+/t19?,20-,21+,25?/m0/s1. The van der Waals surface area contributed by atoms with Crippen molar-refractivity contribution < 1.29 is 19.1 Å².